The van der Waals surface area contributed by atoms with Crippen LogP contribution in [0.4, 0.5) is 10.5 Å². The smallest absolute Gasteiger partial charge is 0.407 e. The van der Waals surface area contributed by atoms with Crippen LogP contribution in [0.5, 0.6) is 5.75 Å². The summed E-state index contributed by atoms with van der Waals surface area (Å²) in [4.78, 5) is 36.7. The fourth-order valence-corrected chi connectivity index (χ4v) is 4.54. The Morgan fingerprint density at radius 2 is 1.63 bits per heavy atom. The van der Waals surface area contributed by atoms with Crippen LogP contribution in [0.3, 0.4) is 0 Å². The molecule has 0 heterocycles. The van der Waals surface area contributed by atoms with E-state index in [1.807, 2.05) is 48.5 Å². The van der Waals surface area contributed by atoms with Crippen LogP contribution in [0, 0.1) is 0 Å². The number of amides is 2. The number of anilines is 1. The average Bonchev–Trinajstić information content (AvgIpc) is 3.17. The zero-order valence-corrected chi connectivity index (χ0v) is 20.4. The number of carboxylic acids is 1. The lowest BCUT2D eigenvalue weighted by molar-refractivity contribution is -0.139. The second kappa shape index (κ2) is 10.6. The summed E-state index contributed by atoms with van der Waals surface area (Å²) in [5, 5.41) is 14.2. The molecule has 0 aromatic heterocycles. The second-order valence-electron chi connectivity index (χ2n) is 7.96. The number of fused-ring (bicyclic) bond motifs is 3. The summed E-state index contributed by atoms with van der Waals surface area (Å²) in [5.41, 5.74) is 4.66. The number of hydrogen-bond acceptors (Lipinski definition) is 5. The van der Waals surface area contributed by atoms with Crippen molar-refractivity contribution < 1.29 is 29.0 Å². The van der Waals surface area contributed by atoms with E-state index in [0.717, 1.165) is 22.3 Å². The Morgan fingerprint density at radius 1 is 1.00 bits per heavy atom. The lowest BCUT2D eigenvalue weighted by Gasteiger charge is -2.19. The van der Waals surface area contributed by atoms with Gasteiger partial charge in [-0.3, -0.25) is 9.59 Å². The van der Waals surface area contributed by atoms with Gasteiger partial charge in [0.1, 0.15) is 18.4 Å². The molecule has 0 aliphatic heterocycles. The van der Waals surface area contributed by atoms with Gasteiger partial charge < -0.3 is 25.2 Å². The Bertz CT molecular complexity index is 1230. The number of ether oxygens (including phenoxy) is 2. The highest BCUT2D eigenvalue weighted by Gasteiger charge is 2.30. The first-order valence-electron chi connectivity index (χ1n) is 10.8. The lowest BCUT2D eigenvalue weighted by atomic mass is 9.98. The average molecular weight is 539 g/mol. The first-order chi connectivity index (χ1) is 16.9. The highest BCUT2D eigenvalue weighted by Crippen LogP contribution is 2.44. The monoisotopic (exact) mass is 538 g/mol. The first kappa shape index (κ1) is 24.3. The van der Waals surface area contributed by atoms with E-state index >= 15 is 0 Å². The van der Waals surface area contributed by atoms with E-state index < -0.39 is 30.4 Å². The number of carbonyl (C=O) groups is 3. The van der Waals surface area contributed by atoms with E-state index in [1.165, 1.54) is 7.11 Å². The van der Waals surface area contributed by atoms with Crippen LogP contribution in [-0.2, 0) is 14.3 Å². The summed E-state index contributed by atoms with van der Waals surface area (Å²) in [6.07, 6.45) is -1.48. The second-order valence-corrected chi connectivity index (χ2v) is 8.81. The number of aliphatic carboxylic acids is 1. The Labute approximate surface area is 210 Å². The third-order valence-electron chi connectivity index (χ3n) is 5.75. The van der Waals surface area contributed by atoms with Gasteiger partial charge in [0.25, 0.3) is 0 Å². The van der Waals surface area contributed by atoms with Crippen LogP contribution in [0.15, 0.2) is 71.2 Å². The number of halogens is 1. The van der Waals surface area contributed by atoms with Crippen LogP contribution >= 0.6 is 15.9 Å². The standard InChI is InChI=1S/C26H23BrN2O6/c1-34-23-12-15(10-11-21(23)27)28-25(32)22(13-24(30)31)29-26(33)35-14-20-18-8-4-2-6-16(18)17-7-3-5-9-19(17)20/h2-12,20,22H,13-14H2,1H3,(H,28,32)(H,29,33)(H,30,31). The van der Waals surface area contributed by atoms with Crippen LogP contribution in [0.25, 0.3) is 11.1 Å². The van der Waals surface area contributed by atoms with Gasteiger partial charge in [-0.2, -0.15) is 0 Å². The first-order valence-corrected chi connectivity index (χ1v) is 11.6. The molecule has 180 valence electrons. The Kier molecular flexibility index (Phi) is 7.36. The number of methoxy groups -OCH3 is 1. The summed E-state index contributed by atoms with van der Waals surface area (Å²) in [6, 6.07) is 19.4. The van der Waals surface area contributed by atoms with Crippen LogP contribution < -0.4 is 15.4 Å². The molecule has 1 aliphatic rings. The Balaban J connectivity index is 1.43. The molecule has 0 fully saturated rings. The summed E-state index contributed by atoms with van der Waals surface area (Å²) in [7, 11) is 1.48. The molecule has 3 aromatic rings. The molecule has 0 bridgehead atoms. The molecule has 35 heavy (non-hydrogen) atoms. The maximum absolute atomic E-state index is 12.8. The molecule has 2 amide bonds. The largest absolute Gasteiger partial charge is 0.495 e. The predicted octanol–water partition coefficient (Wildman–Crippen LogP) is 4.78. The van der Waals surface area contributed by atoms with E-state index in [1.54, 1.807) is 18.2 Å². The van der Waals surface area contributed by atoms with Crippen molar-refractivity contribution in [3.8, 4) is 16.9 Å². The van der Waals surface area contributed by atoms with E-state index in [0.29, 0.717) is 15.9 Å². The quantitative estimate of drug-likeness (QED) is 0.380. The summed E-state index contributed by atoms with van der Waals surface area (Å²) in [6.45, 7) is 0.0468. The molecule has 9 heteroatoms. The maximum atomic E-state index is 12.8. The minimum absolute atomic E-state index is 0.0468. The zero-order chi connectivity index (χ0) is 24.9. The van der Waals surface area contributed by atoms with Gasteiger partial charge in [0.2, 0.25) is 5.91 Å². The topological polar surface area (TPSA) is 114 Å². The van der Waals surface area contributed by atoms with Gasteiger partial charge in [-0.15, -0.1) is 0 Å². The van der Waals surface area contributed by atoms with Gasteiger partial charge in [-0.1, -0.05) is 48.5 Å². The fourth-order valence-electron chi connectivity index (χ4n) is 4.13. The molecule has 3 aromatic carbocycles. The summed E-state index contributed by atoms with van der Waals surface area (Å²) in [5.74, 6) is -1.60. The van der Waals surface area contributed by atoms with E-state index in [9.17, 15) is 19.5 Å². The third kappa shape index (κ3) is 5.46. The van der Waals surface area contributed by atoms with Crippen molar-refractivity contribution in [3.63, 3.8) is 0 Å². The van der Waals surface area contributed by atoms with Crippen LogP contribution in [0.1, 0.15) is 23.5 Å². The fraction of sp³-hybridized carbons (Fsp3) is 0.192. The summed E-state index contributed by atoms with van der Waals surface area (Å²) >= 11 is 3.33. The molecular weight excluding hydrogens is 516 g/mol. The van der Waals surface area contributed by atoms with Crippen molar-refractivity contribution in [3.05, 3.63) is 82.3 Å². The minimum Gasteiger partial charge on any atom is -0.495 e. The Morgan fingerprint density at radius 3 is 2.23 bits per heavy atom. The van der Waals surface area contributed by atoms with Crippen LogP contribution in [0.2, 0.25) is 0 Å². The summed E-state index contributed by atoms with van der Waals surface area (Å²) < 4.78 is 11.4. The van der Waals surface area contributed by atoms with Gasteiger partial charge in [0.15, 0.2) is 0 Å². The molecule has 4 rings (SSSR count). The zero-order valence-electron chi connectivity index (χ0n) is 18.8. The number of benzene rings is 3. The number of carboxylic acid groups (broad SMARTS) is 1. The van der Waals surface area contributed by atoms with Gasteiger partial charge in [0.05, 0.1) is 18.0 Å². The van der Waals surface area contributed by atoms with Gasteiger partial charge in [0, 0.05) is 17.7 Å². The van der Waals surface area contributed by atoms with Crippen molar-refractivity contribution in [2.75, 3.05) is 19.0 Å². The molecule has 8 nitrogen and oxygen atoms in total. The van der Waals surface area contributed by atoms with Crippen LogP contribution in [-0.4, -0.2) is 42.8 Å². The SMILES string of the molecule is COc1cc(NC(=O)C(CC(=O)O)NC(=O)OCC2c3ccccc3-c3ccccc32)ccc1Br. The normalized spacial score (nSPS) is 12.7. The highest BCUT2D eigenvalue weighted by atomic mass is 79.9. The van der Waals surface area contributed by atoms with E-state index in [2.05, 4.69) is 26.6 Å². The third-order valence-corrected chi connectivity index (χ3v) is 6.40. The number of alkyl carbamates (subject to hydrolysis) is 1. The number of hydrogen-bond donors (Lipinski definition) is 3. The molecular formula is C26H23BrN2O6. The predicted molar refractivity (Wildman–Crippen MR) is 134 cm³/mol. The minimum atomic E-state index is -1.34. The van der Waals surface area contributed by atoms with Crippen molar-refractivity contribution in [1.82, 2.24) is 5.32 Å². The number of carbonyl (C=O) groups excluding carboxylic acids is 2. The van der Waals surface area contributed by atoms with Crippen molar-refractivity contribution in [2.24, 2.45) is 0 Å². The maximum Gasteiger partial charge on any atom is 0.407 e. The number of rotatable bonds is 8. The van der Waals surface area contributed by atoms with Gasteiger partial charge in [-0.25, -0.2) is 4.79 Å². The molecule has 0 spiro atoms. The molecule has 1 aliphatic carbocycles. The number of nitrogens with one attached hydrogen (secondary N) is 2. The van der Waals surface area contributed by atoms with Crippen molar-refractivity contribution in [1.29, 1.82) is 0 Å². The van der Waals surface area contributed by atoms with Gasteiger partial charge >= 0.3 is 12.1 Å². The van der Waals surface area contributed by atoms with Crippen molar-refractivity contribution in [2.45, 2.75) is 18.4 Å². The highest BCUT2D eigenvalue weighted by molar-refractivity contribution is 9.10. The molecule has 1 atom stereocenters. The van der Waals surface area contributed by atoms with E-state index in [-0.39, 0.29) is 12.5 Å². The Hall–Kier alpha value is -3.85. The molecule has 0 saturated carbocycles. The molecule has 3 N–H and O–H groups in total. The lowest BCUT2D eigenvalue weighted by Crippen LogP contribution is -2.45. The molecule has 0 saturated heterocycles. The molecule has 0 radical (unpaired) electrons. The molecule has 1 unspecified atom stereocenters. The van der Waals surface area contributed by atoms with Gasteiger partial charge in [-0.05, 0) is 50.3 Å². The van der Waals surface area contributed by atoms with E-state index in [4.69, 9.17) is 9.47 Å². The van der Waals surface area contributed by atoms with Crippen molar-refractivity contribution >= 4 is 39.6 Å².